The number of nitrogens with zero attached hydrogens (tertiary/aromatic N) is 1. The van der Waals surface area contributed by atoms with Gasteiger partial charge in [0.15, 0.2) is 0 Å². The first kappa shape index (κ1) is 20.3. The monoisotopic (exact) mass is 409 g/mol. The number of alkyl halides is 3. The molecule has 0 aliphatic carbocycles. The van der Waals surface area contributed by atoms with Crippen LogP contribution in [0.2, 0.25) is 0 Å². The van der Waals surface area contributed by atoms with Crippen molar-refractivity contribution in [1.82, 2.24) is 0 Å². The van der Waals surface area contributed by atoms with Crippen molar-refractivity contribution in [3.63, 3.8) is 0 Å². The average molecular weight is 409 g/mol. The van der Waals surface area contributed by atoms with Crippen LogP contribution in [0.5, 0.6) is 0 Å². The Kier molecular flexibility index (Phi) is 4.95. The van der Waals surface area contributed by atoms with Crippen LogP contribution < -0.4 is 4.90 Å². The summed E-state index contributed by atoms with van der Waals surface area (Å²) in [5.41, 5.74) is 1.51. The molecule has 0 saturated heterocycles. The number of ether oxygens (including phenoxy) is 1. The van der Waals surface area contributed by atoms with Gasteiger partial charge in [0.05, 0.1) is 12.8 Å². The van der Waals surface area contributed by atoms with Gasteiger partial charge in [-0.2, -0.15) is 13.2 Å². The number of anilines is 1. The number of carbonyl (C=O) groups is 2. The number of rotatable bonds is 2. The maximum absolute atomic E-state index is 14.5. The molecule has 1 heterocycles. The first-order chi connectivity index (χ1) is 13.0. The van der Waals surface area contributed by atoms with Crippen molar-refractivity contribution in [2.24, 2.45) is 0 Å². The molecule has 1 aliphatic rings. The second kappa shape index (κ2) is 6.84. The first-order valence-electron chi connectivity index (χ1n) is 8.40. The molecule has 2 aromatic carbocycles. The van der Waals surface area contributed by atoms with E-state index in [1.54, 1.807) is 39.0 Å². The van der Waals surface area contributed by atoms with Gasteiger partial charge in [-0.05, 0) is 49.6 Å². The Morgan fingerprint density at radius 2 is 1.68 bits per heavy atom. The van der Waals surface area contributed by atoms with Gasteiger partial charge in [-0.3, -0.25) is 4.79 Å². The lowest BCUT2D eigenvalue weighted by Gasteiger charge is -2.30. The number of hydrogen-bond acceptors (Lipinski definition) is 4. The predicted octanol–water partition coefficient (Wildman–Crippen LogP) is 5.27. The van der Waals surface area contributed by atoms with Crippen molar-refractivity contribution in [2.45, 2.75) is 36.6 Å². The smallest absolute Gasteiger partial charge is 0.421 e. The maximum atomic E-state index is 14.5. The van der Waals surface area contributed by atoms with Crippen molar-refractivity contribution in [2.75, 3.05) is 12.0 Å². The molecule has 28 heavy (non-hydrogen) atoms. The summed E-state index contributed by atoms with van der Waals surface area (Å²) in [6, 6.07) is 9.28. The van der Waals surface area contributed by atoms with Crippen LogP contribution >= 0.6 is 11.8 Å². The second-order valence-corrected chi connectivity index (χ2v) is 7.87. The molecule has 1 atom stereocenters. The van der Waals surface area contributed by atoms with Crippen LogP contribution in [-0.4, -0.2) is 25.3 Å². The molecule has 0 fully saturated rings. The Morgan fingerprint density at radius 3 is 2.25 bits per heavy atom. The number of thioether (sulfide) groups is 1. The standard InChI is InChI=1S/C20H18F3NO3S/c1-11-7-5-6-8-16(11)28-19(20(21,22)23)14-9-12(2)13(3)10-15(14)24(17(19)25)18(26)27-4/h5-10H,1-4H3/t19-/m1/s1. The van der Waals surface area contributed by atoms with E-state index in [-0.39, 0.29) is 11.3 Å². The van der Waals surface area contributed by atoms with Gasteiger partial charge in [0.2, 0.25) is 4.75 Å². The number of halogens is 3. The zero-order valence-corrected chi connectivity index (χ0v) is 16.5. The Morgan fingerprint density at radius 1 is 1.07 bits per heavy atom. The lowest BCUT2D eigenvalue weighted by molar-refractivity contribution is -0.169. The SMILES string of the molecule is COC(=O)N1C(=O)[C@@](Sc2ccccc2C)(C(F)(F)F)c2cc(C)c(C)cc21. The maximum Gasteiger partial charge on any atom is 0.421 e. The Balaban J connectivity index is 2.34. The number of carbonyl (C=O) groups excluding carboxylic acids is 2. The van der Waals surface area contributed by atoms with Gasteiger partial charge in [0.1, 0.15) is 0 Å². The average Bonchev–Trinajstić information content (AvgIpc) is 2.85. The Bertz CT molecular complexity index is 974. The summed E-state index contributed by atoms with van der Waals surface area (Å²) >= 11 is 0.405. The number of aryl methyl sites for hydroxylation is 3. The zero-order chi connectivity index (χ0) is 20.9. The molecule has 4 nitrogen and oxygen atoms in total. The van der Waals surface area contributed by atoms with E-state index in [0.29, 0.717) is 38.2 Å². The molecular formula is C20H18F3NO3S. The van der Waals surface area contributed by atoms with Crippen molar-refractivity contribution < 1.29 is 27.5 Å². The molecule has 148 valence electrons. The fourth-order valence-electron chi connectivity index (χ4n) is 3.19. The van der Waals surface area contributed by atoms with E-state index in [1.165, 1.54) is 18.2 Å². The molecule has 2 amide bonds. The molecule has 0 bridgehead atoms. The molecule has 8 heteroatoms. The van der Waals surface area contributed by atoms with E-state index in [0.717, 1.165) is 7.11 Å². The third-order valence-electron chi connectivity index (χ3n) is 4.85. The van der Waals surface area contributed by atoms with E-state index >= 15 is 0 Å². The highest BCUT2D eigenvalue weighted by atomic mass is 32.2. The molecule has 0 spiro atoms. The molecule has 0 unspecified atom stereocenters. The number of hydrogen-bond donors (Lipinski definition) is 0. The summed E-state index contributed by atoms with van der Waals surface area (Å²) in [6.45, 7) is 5.04. The topological polar surface area (TPSA) is 46.6 Å². The van der Waals surface area contributed by atoms with Crippen LogP contribution in [0.1, 0.15) is 22.3 Å². The van der Waals surface area contributed by atoms with Gasteiger partial charge in [-0.15, -0.1) is 0 Å². The van der Waals surface area contributed by atoms with Crippen LogP contribution in [0.15, 0.2) is 41.3 Å². The third kappa shape index (κ3) is 2.87. The summed E-state index contributed by atoms with van der Waals surface area (Å²) in [4.78, 5) is 26.2. The van der Waals surface area contributed by atoms with Crippen LogP contribution in [-0.2, 0) is 14.3 Å². The fourth-order valence-corrected chi connectivity index (χ4v) is 4.46. The number of amides is 2. The Labute approximate surface area is 164 Å². The molecule has 0 N–H and O–H groups in total. The third-order valence-corrected chi connectivity index (χ3v) is 6.46. The molecule has 1 aliphatic heterocycles. The van der Waals surface area contributed by atoms with Crippen molar-refractivity contribution in [1.29, 1.82) is 0 Å². The highest BCUT2D eigenvalue weighted by Gasteiger charge is 2.69. The van der Waals surface area contributed by atoms with Crippen LogP contribution in [0, 0.1) is 20.8 Å². The minimum Gasteiger partial charge on any atom is -0.452 e. The number of imide groups is 1. The van der Waals surface area contributed by atoms with Crippen LogP contribution in [0.25, 0.3) is 0 Å². The van der Waals surface area contributed by atoms with Crippen molar-refractivity contribution >= 4 is 29.4 Å². The predicted molar refractivity (Wildman–Crippen MR) is 101 cm³/mol. The normalized spacial score (nSPS) is 19.0. The minimum absolute atomic E-state index is 0.0987. The largest absolute Gasteiger partial charge is 0.452 e. The van der Waals surface area contributed by atoms with E-state index in [1.807, 2.05) is 0 Å². The number of methoxy groups -OCH3 is 1. The molecule has 0 saturated carbocycles. The Hall–Kier alpha value is -2.48. The molecular weight excluding hydrogens is 391 g/mol. The van der Waals surface area contributed by atoms with Crippen molar-refractivity contribution in [3.05, 3.63) is 58.7 Å². The number of fused-ring (bicyclic) bond motifs is 1. The molecule has 3 rings (SSSR count). The number of benzene rings is 2. The van der Waals surface area contributed by atoms with Crippen LogP contribution in [0.4, 0.5) is 23.7 Å². The lowest BCUT2D eigenvalue weighted by atomic mass is 9.95. The second-order valence-electron chi connectivity index (χ2n) is 6.61. The van der Waals surface area contributed by atoms with Gasteiger partial charge in [-0.1, -0.05) is 36.0 Å². The highest BCUT2D eigenvalue weighted by molar-refractivity contribution is 8.01. The van der Waals surface area contributed by atoms with Gasteiger partial charge in [0, 0.05) is 10.5 Å². The van der Waals surface area contributed by atoms with E-state index in [2.05, 4.69) is 4.74 Å². The quantitative estimate of drug-likeness (QED) is 0.678. The van der Waals surface area contributed by atoms with Gasteiger partial charge in [0.25, 0.3) is 5.91 Å². The fraction of sp³-hybridized carbons (Fsp3) is 0.300. The van der Waals surface area contributed by atoms with Gasteiger partial charge >= 0.3 is 12.3 Å². The lowest BCUT2D eigenvalue weighted by Crippen LogP contribution is -2.49. The summed E-state index contributed by atoms with van der Waals surface area (Å²) in [5, 5.41) is 0. The van der Waals surface area contributed by atoms with Crippen molar-refractivity contribution in [3.8, 4) is 0 Å². The molecule has 0 aromatic heterocycles. The van der Waals surface area contributed by atoms with E-state index in [9.17, 15) is 22.8 Å². The summed E-state index contributed by atoms with van der Waals surface area (Å²) in [7, 11) is 1.03. The van der Waals surface area contributed by atoms with E-state index < -0.39 is 22.9 Å². The highest BCUT2D eigenvalue weighted by Crippen LogP contribution is 2.60. The zero-order valence-electron chi connectivity index (χ0n) is 15.7. The summed E-state index contributed by atoms with van der Waals surface area (Å²) < 4.78 is 45.2. The minimum atomic E-state index is -4.95. The molecule has 2 aromatic rings. The van der Waals surface area contributed by atoms with Crippen LogP contribution in [0.3, 0.4) is 0 Å². The summed E-state index contributed by atoms with van der Waals surface area (Å²) in [5.74, 6) is -1.37. The van der Waals surface area contributed by atoms with E-state index in [4.69, 9.17) is 0 Å². The first-order valence-corrected chi connectivity index (χ1v) is 9.22. The molecule has 0 radical (unpaired) electrons. The van der Waals surface area contributed by atoms with Gasteiger partial charge in [-0.25, -0.2) is 9.69 Å². The van der Waals surface area contributed by atoms with Gasteiger partial charge < -0.3 is 4.74 Å². The summed E-state index contributed by atoms with van der Waals surface area (Å²) in [6.07, 6.45) is -6.10.